The molecule has 0 radical (unpaired) electrons. The lowest BCUT2D eigenvalue weighted by Crippen LogP contribution is -2.44. The van der Waals surface area contributed by atoms with Gasteiger partial charge in [-0.1, -0.05) is 13.8 Å². The number of ether oxygens (including phenoxy) is 1. The van der Waals surface area contributed by atoms with Gasteiger partial charge in [-0.3, -0.25) is 9.48 Å². The normalized spacial score (nSPS) is 19.8. The fraction of sp³-hybridized carbons (Fsp3) is 0.444. The number of carbonyl (C=O) groups excluding carboxylic acids is 1. The number of imidazole rings is 1. The monoisotopic (exact) mass is 491 g/mol. The summed E-state index contributed by atoms with van der Waals surface area (Å²) in [5.41, 5.74) is 4.15. The van der Waals surface area contributed by atoms with E-state index >= 15 is 0 Å². The number of methoxy groups -OCH3 is 1. The molecular formula is C27H33N5O2S. The van der Waals surface area contributed by atoms with E-state index in [1.807, 2.05) is 54.4 Å². The first-order chi connectivity index (χ1) is 16.8. The maximum atomic E-state index is 12.8. The summed E-state index contributed by atoms with van der Waals surface area (Å²) >= 11 is 1.50. The van der Waals surface area contributed by atoms with E-state index in [4.69, 9.17) is 9.84 Å². The Hall–Kier alpha value is -2.97. The molecule has 4 aromatic rings. The van der Waals surface area contributed by atoms with Crippen molar-refractivity contribution in [2.45, 2.75) is 65.1 Å². The summed E-state index contributed by atoms with van der Waals surface area (Å²) in [4.78, 5) is 18.9. The fourth-order valence-corrected chi connectivity index (χ4v) is 6.35. The zero-order valence-corrected chi connectivity index (χ0v) is 21.7. The first kappa shape index (κ1) is 23.8. The molecule has 4 aromatic heterocycles. The Balaban J connectivity index is 1.27. The van der Waals surface area contributed by atoms with Crippen molar-refractivity contribution < 1.29 is 9.53 Å². The molecule has 1 N–H and O–H groups in total. The summed E-state index contributed by atoms with van der Waals surface area (Å²) in [5, 5.41) is 7.74. The molecule has 1 amide bonds. The highest BCUT2D eigenvalue weighted by atomic mass is 32.1. The van der Waals surface area contributed by atoms with Gasteiger partial charge in [0.15, 0.2) is 0 Å². The number of pyridine rings is 1. The number of amides is 1. The average Bonchev–Trinajstić information content (AvgIpc) is 3.57. The molecule has 5 rings (SSSR count). The van der Waals surface area contributed by atoms with E-state index < -0.39 is 0 Å². The molecule has 0 bridgehead atoms. The summed E-state index contributed by atoms with van der Waals surface area (Å²) in [7, 11) is 1.83. The first-order valence-corrected chi connectivity index (χ1v) is 13.0. The van der Waals surface area contributed by atoms with Crippen LogP contribution in [0.1, 0.15) is 60.5 Å². The Bertz CT molecular complexity index is 1350. The van der Waals surface area contributed by atoms with Crippen molar-refractivity contribution in [1.29, 1.82) is 0 Å². The number of nitrogens with zero attached hydrogens (tertiary/aromatic N) is 4. The highest BCUT2D eigenvalue weighted by Gasteiger charge is 2.41. The lowest BCUT2D eigenvalue weighted by Gasteiger charge is -2.44. The van der Waals surface area contributed by atoms with Crippen LogP contribution in [0, 0.1) is 12.3 Å². The fourth-order valence-electron chi connectivity index (χ4n) is 5.37. The Morgan fingerprint density at radius 1 is 1.23 bits per heavy atom. The van der Waals surface area contributed by atoms with Crippen molar-refractivity contribution >= 4 is 22.9 Å². The van der Waals surface area contributed by atoms with Crippen LogP contribution in [0.5, 0.6) is 0 Å². The number of hydrogen-bond donors (Lipinski definition) is 1. The van der Waals surface area contributed by atoms with E-state index in [0.717, 1.165) is 46.7 Å². The maximum absolute atomic E-state index is 12.8. The Labute approximate surface area is 210 Å². The van der Waals surface area contributed by atoms with Crippen molar-refractivity contribution in [3.63, 3.8) is 0 Å². The number of aromatic nitrogens is 4. The largest absolute Gasteiger partial charge is 0.376 e. The van der Waals surface area contributed by atoms with Gasteiger partial charge in [0.05, 0.1) is 23.2 Å². The van der Waals surface area contributed by atoms with Crippen molar-refractivity contribution in [1.82, 2.24) is 24.5 Å². The summed E-state index contributed by atoms with van der Waals surface area (Å²) < 4.78 is 10.1. The maximum Gasteiger partial charge on any atom is 0.261 e. The predicted octanol–water partition coefficient (Wildman–Crippen LogP) is 5.48. The minimum absolute atomic E-state index is 0.0720. The molecule has 1 unspecified atom stereocenters. The average molecular weight is 492 g/mol. The molecule has 0 saturated heterocycles. The van der Waals surface area contributed by atoms with Crippen molar-refractivity contribution in [3.8, 4) is 10.4 Å². The summed E-state index contributed by atoms with van der Waals surface area (Å²) in [5.74, 6) is -0.0720. The van der Waals surface area contributed by atoms with Crippen LogP contribution in [-0.4, -0.2) is 37.8 Å². The van der Waals surface area contributed by atoms with Gasteiger partial charge in [0.1, 0.15) is 5.65 Å². The molecule has 1 fully saturated rings. The van der Waals surface area contributed by atoms with E-state index in [0.29, 0.717) is 11.4 Å². The van der Waals surface area contributed by atoms with Gasteiger partial charge < -0.3 is 14.5 Å². The second-order valence-corrected chi connectivity index (χ2v) is 11.5. The molecule has 184 valence electrons. The molecule has 1 aliphatic rings. The third kappa shape index (κ3) is 4.90. The van der Waals surface area contributed by atoms with Gasteiger partial charge >= 0.3 is 0 Å². The molecule has 35 heavy (non-hydrogen) atoms. The smallest absolute Gasteiger partial charge is 0.261 e. The quantitative estimate of drug-likeness (QED) is 0.371. The van der Waals surface area contributed by atoms with Gasteiger partial charge in [0.2, 0.25) is 0 Å². The zero-order valence-electron chi connectivity index (χ0n) is 20.9. The number of rotatable bonds is 7. The third-order valence-electron chi connectivity index (χ3n) is 7.27. The van der Waals surface area contributed by atoms with Gasteiger partial charge in [0, 0.05) is 48.4 Å². The van der Waals surface area contributed by atoms with E-state index in [1.165, 1.54) is 24.2 Å². The summed E-state index contributed by atoms with van der Waals surface area (Å²) in [6.45, 7) is 7.97. The number of hydrogen-bond acceptors (Lipinski definition) is 5. The van der Waals surface area contributed by atoms with Gasteiger partial charge in [-0.2, -0.15) is 5.10 Å². The Morgan fingerprint density at radius 3 is 2.89 bits per heavy atom. The van der Waals surface area contributed by atoms with Gasteiger partial charge in [-0.25, -0.2) is 4.98 Å². The number of nitrogens with one attached hydrogen (secondary N) is 1. The second kappa shape index (κ2) is 9.24. The molecule has 4 heterocycles. The SMILES string of the molecule is COC1(Cn2ncc(-c3ccc(C(=O)NCc4ccn5ccnc5c4)s3)c2C)CCCC(C)(C)C1. The molecule has 8 heteroatoms. The van der Waals surface area contributed by atoms with Crippen molar-refractivity contribution in [3.05, 3.63) is 65.2 Å². The first-order valence-electron chi connectivity index (χ1n) is 12.2. The van der Waals surface area contributed by atoms with Crippen LogP contribution in [-0.2, 0) is 17.8 Å². The van der Waals surface area contributed by atoms with Crippen molar-refractivity contribution in [2.24, 2.45) is 5.41 Å². The number of thiophene rings is 1. The van der Waals surface area contributed by atoms with Gasteiger partial charge in [-0.05, 0) is 67.9 Å². The Kier molecular flexibility index (Phi) is 6.27. The minimum atomic E-state index is -0.185. The Morgan fingerprint density at radius 2 is 2.09 bits per heavy atom. The summed E-state index contributed by atoms with van der Waals surface area (Å²) in [6.07, 6.45) is 12.0. The summed E-state index contributed by atoms with van der Waals surface area (Å²) in [6, 6.07) is 7.88. The second-order valence-electron chi connectivity index (χ2n) is 10.5. The van der Waals surface area contributed by atoms with E-state index in [2.05, 4.69) is 35.8 Å². The van der Waals surface area contributed by atoms with Crippen LogP contribution >= 0.6 is 11.3 Å². The molecular weight excluding hydrogens is 458 g/mol. The third-order valence-corrected chi connectivity index (χ3v) is 8.39. The lowest BCUT2D eigenvalue weighted by atomic mass is 9.69. The van der Waals surface area contributed by atoms with Crippen LogP contribution in [0.2, 0.25) is 0 Å². The highest BCUT2D eigenvalue weighted by molar-refractivity contribution is 7.17. The number of carbonyl (C=O) groups is 1. The lowest BCUT2D eigenvalue weighted by molar-refractivity contribution is -0.0855. The van der Waals surface area contributed by atoms with Crippen LogP contribution in [0.3, 0.4) is 0 Å². The topological polar surface area (TPSA) is 73.5 Å². The number of fused-ring (bicyclic) bond motifs is 1. The molecule has 1 atom stereocenters. The molecule has 0 aliphatic heterocycles. The standard InChI is InChI=1S/C27H33N5O2S/c1-19-21(16-30-32(19)18-27(34-4)10-5-9-26(2,3)17-27)22-6-7-23(35-22)25(33)29-15-20-8-12-31-13-11-28-24(31)14-20/h6-8,11-14,16H,5,9-10,15,17-18H2,1-4H3,(H,29,33). The van der Waals surface area contributed by atoms with Crippen LogP contribution < -0.4 is 5.32 Å². The van der Waals surface area contributed by atoms with Gasteiger partial charge in [-0.15, -0.1) is 11.3 Å². The minimum Gasteiger partial charge on any atom is -0.376 e. The van der Waals surface area contributed by atoms with Crippen LogP contribution in [0.4, 0.5) is 0 Å². The molecule has 0 aromatic carbocycles. The highest BCUT2D eigenvalue weighted by Crippen LogP contribution is 2.44. The van der Waals surface area contributed by atoms with Gasteiger partial charge in [0.25, 0.3) is 5.91 Å². The van der Waals surface area contributed by atoms with E-state index in [9.17, 15) is 4.79 Å². The molecule has 1 aliphatic carbocycles. The van der Waals surface area contributed by atoms with E-state index in [1.54, 1.807) is 6.20 Å². The zero-order chi connectivity index (χ0) is 24.6. The van der Waals surface area contributed by atoms with E-state index in [-0.39, 0.29) is 16.9 Å². The van der Waals surface area contributed by atoms with Crippen LogP contribution in [0.15, 0.2) is 49.1 Å². The molecule has 1 saturated carbocycles. The predicted molar refractivity (Wildman–Crippen MR) is 139 cm³/mol. The molecule has 0 spiro atoms. The van der Waals surface area contributed by atoms with Crippen LogP contribution in [0.25, 0.3) is 16.1 Å². The molecule has 7 nitrogen and oxygen atoms in total. The van der Waals surface area contributed by atoms with Crippen molar-refractivity contribution in [2.75, 3.05) is 7.11 Å².